The summed E-state index contributed by atoms with van der Waals surface area (Å²) in [6.07, 6.45) is 4.87. The first-order valence-electron chi connectivity index (χ1n) is 5.50. The molecule has 1 N–H and O–H groups in total. The molecule has 2 heterocycles. The maximum absolute atomic E-state index is 11.8. The first-order valence-corrected chi connectivity index (χ1v) is 5.50. The second-order valence-electron chi connectivity index (χ2n) is 4.01. The lowest BCUT2D eigenvalue weighted by Crippen LogP contribution is -2.30. The molecule has 2 rings (SSSR count). The zero-order chi connectivity index (χ0) is 11.4. The second-order valence-corrected chi connectivity index (χ2v) is 4.01. The molecule has 0 aromatic carbocycles. The van der Waals surface area contributed by atoms with E-state index in [0.29, 0.717) is 18.3 Å². The van der Waals surface area contributed by atoms with Crippen LogP contribution in [0.25, 0.3) is 0 Å². The molecule has 1 amide bonds. The molecular weight excluding hydrogens is 208 g/mol. The topological polar surface area (TPSA) is 71.1 Å². The van der Waals surface area contributed by atoms with Crippen LogP contribution in [0.3, 0.4) is 0 Å². The van der Waals surface area contributed by atoms with Crippen molar-refractivity contribution in [3.05, 3.63) is 11.9 Å². The summed E-state index contributed by atoms with van der Waals surface area (Å²) >= 11 is 0. The van der Waals surface area contributed by atoms with E-state index in [4.69, 9.17) is 4.74 Å². The van der Waals surface area contributed by atoms with Crippen molar-refractivity contribution in [2.75, 3.05) is 20.2 Å². The van der Waals surface area contributed by atoms with Crippen LogP contribution >= 0.6 is 0 Å². The summed E-state index contributed by atoms with van der Waals surface area (Å²) in [5.41, 5.74) is 0.356. The molecular formula is C10H16N4O2. The normalized spacial score (nSPS) is 19.9. The summed E-state index contributed by atoms with van der Waals surface area (Å²) in [4.78, 5) is 13.4. The molecule has 6 nitrogen and oxygen atoms in total. The number of carbonyl (C=O) groups is 1. The average Bonchev–Trinajstić information content (AvgIpc) is 2.96. The predicted octanol–water partition coefficient (Wildman–Crippen LogP) is 0.446. The van der Waals surface area contributed by atoms with Gasteiger partial charge in [-0.05, 0) is 19.3 Å². The third-order valence-corrected chi connectivity index (χ3v) is 2.79. The third kappa shape index (κ3) is 2.57. The number of nitrogens with zero attached hydrogens (tertiary/aromatic N) is 3. The van der Waals surface area contributed by atoms with E-state index in [9.17, 15) is 4.79 Å². The van der Waals surface area contributed by atoms with Crippen LogP contribution in [0.4, 0.5) is 0 Å². The Balaban J connectivity index is 1.78. The number of hydrogen-bond acceptors (Lipinski definition) is 4. The molecule has 88 valence electrons. The molecule has 0 spiro atoms. The molecule has 0 bridgehead atoms. The van der Waals surface area contributed by atoms with Crippen molar-refractivity contribution >= 4 is 5.91 Å². The molecule has 1 fully saturated rings. The Morgan fingerprint density at radius 1 is 1.75 bits per heavy atom. The van der Waals surface area contributed by atoms with Gasteiger partial charge >= 0.3 is 0 Å². The number of aromatic amines is 1. The number of ether oxygens (including phenoxy) is 1. The minimum absolute atomic E-state index is 0.105. The number of rotatable bonds is 4. The minimum Gasteiger partial charge on any atom is -0.378 e. The van der Waals surface area contributed by atoms with Gasteiger partial charge in [0.25, 0.3) is 5.91 Å². The van der Waals surface area contributed by atoms with Gasteiger partial charge in [0.05, 0.1) is 12.3 Å². The summed E-state index contributed by atoms with van der Waals surface area (Å²) in [7, 11) is 1.77. The molecule has 1 aliphatic heterocycles. The Kier molecular flexibility index (Phi) is 3.51. The molecule has 0 unspecified atom stereocenters. The highest BCUT2D eigenvalue weighted by molar-refractivity contribution is 5.91. The SMILES string of the molecule is CN(CC[C@H]1CCCO1)C(=O)c1cn[nH]n1. The van der Waals surface area contributed by atoms with Gasteiger partial charge < -0.3 is 9.64 Å². The monoisotopic (exact) mass is 224 g/mol. The molecule has 16 heavy (non-hydrogen) atoms. The van der Waals surface area contributed by atoms with Crippen LogP contribution in [0.1, 0.15) is 29.8 Å². The number of aromatic nitrogens is 3. The van der Waals surface area contributed by atoms with Gasteiger partial charge in [-0.2, -0.15) is 15.4 Å². The van der Waals surface area contributed by atoms with Gasteiger partial charge in [-0.3, -0.25) is 4.79 Å². The highest BCUT2D eigenvalue weighted by Gasteiger charge is 2.19. The first kappa shape index (κ1) is 11.1. The van der Waals surface area contributed by atoms with Crippen LogP contribution < -0.4 is 0 Å². The molecule has 0 radical (unpaired) electrons. The molecule has 1 aliphatic rings. The van der Waals surface area contributed by atoms with Crippen molar-refractivity contribution in [1.29, 1.82) is 0 Å². The van der Waals surface area contributed by atoms with E-state index in [1.54, 1.807) is 11.9 Å². The van der Waals surface area contributed by atoms with Crippen LogP contribution in [-0.2, 0) is 4.74 Å². The van der Waals surface area contributed by atoms with Crippen molar-refractivity contribution in [2.45, 2.75) is 25.4 Å². The summed E-state index contributed by atoms with van der Waals surface area (Å²) in [6.45, 7) is 1.54. The van der Waals surface area contributed by atoms with E-state index in [1.165, 1.54) is 6.20 Å². The van der Waals surface area contributed by atoms with E-state index in [0.717, 1.165) is 25.9 Å². The standard InChI is InChI=1S/C10H16N4O2/c1-14(5-4-8-3-2-6-16-8)10(15)9-7-11-13-12-9/h7-8H,2-6H2,1H3,(H,11,12,13)/t8-/m1/s1. The third-order valence-electron chi connectivity index (χ3n) is 2.79. The highest BCUT2D eigenvalue weighted by atomic mass is 16.5. The Morgan fingerprint density at radius 2 is 2.62 bits per heavy atom. The summed E-state index contributed by atoms with van der Waals surface area (Å²) < 4.78 is 5.50. The van der Waals surface area contributed by atoms with Gasteiger partial charge in [0.1, 0.15) is 0 Å². The Bertz CT molecular complexity index is 333. The van der Waals surface area contributed by atoms with Gasteiger partial charge in [0.2, 0.25) is 0 Å². The molecule has 6 heteroatoms. The molecule has 0 saturated carbocycles. The molecule has 1 saturated heterocycles. The van der Waals surface area contributed by atoms with Crippen molar-refractivity contribution in [2.24, 2.45) is 0 Å². The van der Waals surface area contributed by atoms with Crippen LogP contribution in [0, 0.1) is 0 Å². The van der Waals surface area contributed by atoms with Gasteiger partial charge in [0, 0.05) is 20.2 Å². The zero-order valence-electron chi connectivity index (χ0n) is 9.35. The predicted molar refractivity (Wildman–Crippen MR) is 56.9 cm³/mol. The van der Waals surface area contributed by atoms with E-state index in [-0.39, 0.29) is 5.91 Å². The van der Waals surface area contributed by atoms with E-state index in [1.807, 2.05) is 0 Å². The van der Waals surface area contributed by atoms with Crippen LogP contribution in [-0.4, -0.2) is 52.5 Å². The van der Waals surface area contributed by atoms with Crippen LogP contribution in [0.15, 0.2) is 6.20 Å². The quantitative estimate of drug-likeness (QED) is 0.805. The lowest BCUT2D eigenvalue weighted by atomic mass is 10.2. The lowest BCUT2D eigenvalue weighted by Gasteiger charge is -2.17. The maximum atomic E-state index is 11.8. The van der Waals surface area contributed by atoms with E-state index >= 15 is 0 Å². The van der Waals surface area contributed by atoms with Gasteiger partial charge in [-0.25, -0.2) is 0 Å². The largest absolute Gasteiger partial charge is 0.378 e. The Hall–Kier alpha value is -1.43. The number of H-pyrrole nitrogens is 1. The van der Waals surface area contributed by atoms with Crippen LogP contribution in [0.2, 0.25) is 0 Å². The fourth-order valence-electron chi connectivity index (χ4n) is 1.81. The fraction of sp³-hybridized carbons (Fsp3) is 0.700. The van der Waals surface area contributed by atoms with Crippen LogP contribution in [0.5, 0.6) is 0 Å². The number of carbonyl (C=O) groups excluding carboxylic acids is 1. The highest BCUT2D eigenvalue weighted by Crippen LogP contribution is 2.15. The maximum Gasteiger partial charge on any atom is 0.275 e. The van der Waals surface area contributed by atoms with Gasteiger partial charge in [-0.1, -0.05) is 0 Å². The number of hydrogen-bond donors (Lipinski definition) is 1. The van der Waals surface area contributed by atoms with Crippen molar-refractivity contribution in [3.8, 4) is 0 Å². The second kappa shape index (κ2) is 5.07. The lowest BCUT2D eigenvalue weighted by molar-refractivity contribution is 0.0710. The van der Waals surface area contributed by atoms with E-state index in [2.05, 4.69) is 15.4 Å². The minimum atomic E-state index is -0.105. The average molecular weight is 224 g/mol. The first-order chi connectivity index (χ1) is 7.77. The fourth-order valence-corrected chi connectivity index (χ4v) is 1.81. The number of amides is 1. The molecule has 1 aromatic heterocycles. The van der Waals surface area contributed by atoms with Gasteiger partial charge in [0.15, 0.2) is 5.69 Å². The van der Waals surface area contributed by atoms with Crippen molar-refractivity contribution in [3.63, 3.8) is 0 Å². The molecule has 1 atom stereocenters. The Labute approximate surface area is 94.0 Å². The van der Waals surface area contributed by atoms with E-state index < -0.39 is 0 Å². The summed E-state index contributed by atoms with van der Waals surface area (Å²) in [5, 5.41) is 9.80. The number of nitrogens with one attached hydrogen (secondary N) is 1. The molecule has 0 aliphatic carbocycles. The van der Waals surface area contributed by atoms with Gasteiger partial charge in [-0.15, -0.1) is 0 Å². The Morgan fingerprint density at radius 3 is 3.25 bits per heavy atom. The zero-order valence-corrected chi connectivity index (χ0v) is 9.35. The molecule has 1 aromatic rings. The smallest absolute Gasteiger partial charge is 0.275 e. The van der Waals surface area contributed by atoms with Crippen molar-refractivity contribution < 1.29 is 9.53 Å². The summed E-state index contributed by atoms with van der Waals surface area (Å²) in [5.74, 6) is -0.105. The van der Waals surface area contributed by atoms with Crippen molar-refractivity contribution in [1.82, 2.24) is 20.3 Å². The summed E-state index contributed by atoms with van der Waals surface area (Å²) in [6, 6.07) is 0.